The zero-order valence-electron chi connectivity index (χ0n) is 19.3. The minimum Gasteiger partial charge on any atom is -0.236 e. The lowest BCUT2D eigenvalue weighted by atomic mass is 10.1. The lowest BCUT2D eigenvalue weighted by molar-refractivity contribution is 1.15. The monoisotopic (exact) mass is 474 g/mol. The van der Waals surface area contributed by atoms with Crippen LogP contribution in [0.2, 0.25) is 0 Å². The van der Waals surface area contributed by atoms with E-state index in [0.29, 0.717) is 11.6 Å². The molecule has 0 amide bonds. The van der Waals surface area contributed by atoms with Crippen LogP contribution in [0, 0.1) is 13.8 Å². The number of benzene rings is 2. The van der Waals surface area contributed by atoms with Crippen molar-refractivity contribution in [3.63, 3.8) is 0 Å². The molecule has 0 aliphatic heterocycles. The molecule has 6 nitrogen and oxygen atoms in total. The molecule has 0 bridgehead atoms. The summed E-state index contributed by atoms with van der Waals surface area (Å²) in [5.74, 6) is 1.19. The average Bonchev–Trinajstić information content (AvgIpc) is 3.37. The Morgan fingerprint density at radius 2 is 1.03 bits per heavy atom. The molecule has 3 aromatic heterocycles. The van der Waals surface area contributed by atoms with Gasteiger partial charge in [0.15, 0.2) is 11.6 Å². The van der Waals surface area contributed by atoms with Gasteiger partial charge in [-0.3, -0.25) is 0 Å². The van der Waals surface area contributed by atoms with Gasteiger partial charge in [0.2, 0.25) is 0 Å². The number of hydrogen-bond donors (Lipinski definition) is 0. The second-order valence-corrected chi connectivity index (χ2v) is 9.02. The summed E-state index contributed by atoms with van der Waals surface area (Å²) in [5, 5.41) is 17.1. The fraction of sp³-hybridized carbons (Fsp3) is 0.0714. The van der Waals surface area contributed by atoms with E-state index in [1.807, 2.05) is 60.7 Å². The lowest BCUT2D eigenvalue weighted by Gasteiger charge is -2.05. The van der Waals surface area contributed by atoms with E-state index in [9.17, 15) is 0 Å². The van der Waals surface area contributed by atoms with Crippen LogP contribution in [0.1, 0.15) is 11.1 Å². The smallest absolute Gasteiger partial charge is 0.174 e. The average molecular weight is 475 g/mol. The Bertz CT molecular complexity index is 1390. The van der Waals surface area contributed by atoms with Gasteiger partial charge in [-0.15, -0.1) is 31.8 Å². The van der Waals surface area contributed by atoms with E-state index < -0.39 is 0 Å². The van der Waals surface area contributed by atoms with Crippen LogP contribution in [0.25, 0.3) is 20.9 Å². The first kappa shape index (κ1) is 22.4. The van der Waals surface area contributed by atoms with Gasteiger partial charge in [-0.25, -0.2) is 9.97 Å². The molecule has 3 heterocycles. The van der Waals surface area contributed by atoms with E-state index in [2.05, 4.69) is 68.5 Å². The summed E-state index contributed by atoms with van der Waals surface area (Å²) in [6, 6.07) is 27.8. The Hall–Kier alpha value is -4.36. The molecule has 7 heteroatoms. The fourth-order valence-corrected chi connectivity index (χ4v) is 4.83. The van der Waals surface area contributed by atoms with Crippen molar-refractivity contribution in [2.24, 2.45) is 20.5 Å². The summed E-state index contributed by atoms with van der Waals surface area (Å²) in [6.45, 7) is 4.20. The first-order valence-corrected chi connectivity index (χ1v) is 11.9. The molecule has 5 rings (SSSR count). The summed E-state index contributed by atoms with van der Waals surface area (Å²) >= 11 is 1.77. The number of pyridine rings is 2. The third-order valence-corrected chi connectivity index (χ3v) is 6.54. The minimum absolute atomic E-state index is 0.594. The Balaban J connectivity index is 1.34. The second kappa shape index (κ2) is 10.3. The summed E-state index contributed by atoms with van der Waals surface area (Å²) in [5.41, 5.74) is 6.30. The fourth-order valence-electron chi connectivity index (χ4n) is 3.64. The van der Waals surface area contributed by atoms with Crippen molar-refractivity contribution in [2.45, 2.75) is 13.8 Å². The second-order valence-electron chi connectivity index (χ2n) is 7.94. The van der Waals surface area contributed by atoms with Gasteiger partial charge in [0.05, 0.1) is 11.4 Å². The molecule has 35 heavy (non-hydrogen) atoms. The number of thiophene rings is 1. The van der Waals surface area contributed by atoms with Crippen LogP contribution >= 0.6 is 11.3 Å². The van der Waals surface area contributed by atoms with E-state index in [-0.39, 0.29) is 0 Å². The highest BCUT2D eigenvalue weighted by Gasteiger charge is 2.10. The first-order valence-electron chi connectivity index (χ1n) is 11.1. The standard InChI is InChI=1S/C28H22N6S/c1-19-17-21(31-33-27-7-3-5-15-29-27)9-11-23(19)25-13-14-26(35-25)24-12-10-22(18-20(24)2)32-34-28-8-4-6-16-30-28/h3-18H,1-2H3. The third kappa shape index (κ3) is 5.42. The van der Waals surface area contributed by atoms with Gasteiger partial charge in [0, 0.05) is 22.1 Å². The van der Waals surface area contributed by atoms with E-state index in [0.717, 1.165) is 22.5 Å². The molecular weight excluding hydrogens is 452 g/mol. The maximum absolute atomic E-state index is 4.32. The zero-order valence-corrected chi connectivity index (χ0v) is 20.1. The van der Waals surface area contributed by atoms with Gasteiger partial charge < -0.3 is 0 Å². The van der Waals surface area contributed by atoms with Crippen molar-refractivity contribution in [2.75, 3.05) is 0 Å². The number of aromatic nitrogens is 2. The van der Waals surface area contributed by atoms with Gasteiger partial charge in [0.25, 0.3) is 0 Å². The van der Waals surface area contributed by atoms with Crippen LogP contribution in [0.5, 0.6) is 0 Å². The van der Waals surface area contributed by atoms with Gasteiger partial charge in [0.1, 0.15) is 0 Å². The Morgan fingerprint density at radius 1 is 0.543 bits per heavy atom. The summed E-state index contributed by atoms with van der Waals surface area (Å²) in [4.78, 5) is 10.8. The lowest BCUT2D eigenvalue weighted by Crippen LogP contribution is -1.80. The van der Waals surface area contributed by atoms with Crippen LogP contribution in [-0.2, 0) is 0 Å². The quantitative estimate of drug-likeness (QED) is 0.230. The Kier molecular flexibility index (Phi) is 6.59. The molecule has 0 atom stereocenters. The molecule has 0 aliphatic carbocycles. The highest BCUT2D eigenvalue weighted by atomic mass is 32.1. The number of aryl methyl sites for hydroxylation is 2. The third-order valence-electron chi connectivity index (χ3n) is 5.39. The molecular formula is C28H22N6S. The SMILES string of the molecule is Cc1cc(N=Nc2ccccn2)ccc1-c1ccc(-c2ccc(N=Nc3ccccn3)cc2C)s1. The van der Waals surface area contributed by atoms with Crippen LogP contribution in [0.15, 0.2) is 118 Å². The predicted octanol–water partition coefficient (Wildman–Crippen LogP) is 9.32. The van der Waals surface area contributed by atoms with Gasteiger partial charge in [-0.05, 0) is 96.8 Å². The molecule has 0 radical (unpaired) electrons. The Morgan fingerprint density at radius 3 is 1.43 bits per heavy atom. The van der Waals surface area contributed by atoms with Crippen LogP contribution in [0.4, 0.5) is 23.0 Å². The molecule has 2 aromatic carbocycles. The van der Waals surface area contributed by atoms with Crippen molar-refractivity contribution in [1.82, 2.24) is 9.97 Å². The van der Waals surface area contributed by atoms with Crippen LogP contribution in [-0.4, -0.2) is 9.97 Å². The number of hydrogen-bond acceptors (Lipinski definition) is 7. The van der Waals surface area contributed by atoms with Crippen molar-refractivity contribution in [3.05, 3.63) is 108 Å². The van der Waals surface area contributed by atoms with Crippen LogP contribution in [0.3, 0.4) is 0 Å². The first-order chi connectivity index (χ1) is 17.2. The maximum Gasteiger partial charge on any atom is 0.174 e. The number of rotatable bonds is 6. The molecule has 0 aliphatic rings. The zero-order chi connectivity index (χ0) is 24.0. The van der Waals surface area contributed by atoms with Crippen LogP contribution < -0.4 is 0 Å². The maximum atomic E-state index is 4.32. The molecule has 0 unspecified atom stereocenters. The number of azo groups is 2. The predicted molar refractivity (Wildman–Crippen MR) is 141 cm³/mol. The summed E-state index contributed by atoms with van der Waals surface area (Å²) < 4.78 is 0. The number of nitrogens with zero attached hydrogens (tertiary/aromatic N) is 6. The normalized spacial score (nSPS) is 11.5. The van der Waals surface area contributed by atoms with Gasteiger partial charge >= 0.3 is 0 Å². The van der Waals surface area contributed by atoms with Crippen molar-refractivity contribution >= 4 is 34.3 Å². The van der Waals surface area contributed by atoms with E-state index >= 15 is 0 Å². The topological polar surface area (TPSA) is 75.2 Å². The van der Waals surface area contributed by atoms with E-state index in [1.165, 1.54) is 20.9 Å². The van der Waals surface area contributed by atoms with Gasteiger partial charge in [-0.2, -0.15) is 0 Å². The van der Waals surface area contributed by atoms with E-state index in [4.69, 9.17) is 0 Å². The van der Waals surface area contributed by atoms with Crippen molar-refractivity contribution in [1.29, 1.82) is 0 Å². The molecule has 0 saturated carbocycles. The Labute approximate surface area is 207 Å². The van der Waals surface area contributed by atoms with Gasteiger partial charge in [-0.1, -0.05) is 24.3 Å². The molecule has 0 N–H and O–H groups in total. The molecule has 0 fully saturated rings. The van der Waals surface area contributed by atoms with Crippen molar-refractivity contribution in [3.8, 4) is 20.9 Å². The molecule has 0 spiro atoms. The summed E-state index contributed by atoms with van der Waals surface area (Å²) in [6.07, 6.45) is 3.41. The molecule has 5 aromatic rings. The van der Waals surface area contributed by atoms with Crippen molar-refractivity contribution < 1.29 is 0 Å². The molecule has 170 valence electrons. The van der Waals surface area contributed by atoms with E-state index in [1.54, 1.807) is 23.7 Å². The highest BCUT2D eigenvalue weighted by molar-refractivity contribution is 7.18. The molecule has 0 saturated heterocycles. The largest absolute Gasteiger partial charge is 0.236 e. The summed E-state index contributed by atoms with van der Waals surface area (Å²) in [7, 11) is 0. The highest BCUT2D eigenvalue weighted by Crippen LogP contribution is 2.38. The minimum atomic E-state index is 0.594.